The number of hydrogen-bond donors (Lipinski definition) is 0. The van der Waals surface area contributed by atoms with Crippen molar-refractivity contribution in [2.24, 2.45) is 11.8 Å². The fourth-order valence-electron chi connectivity index (χ4n) is 2.59. The molecule has 0 saturated heterocycles. The number of rotatable bonds is 15. The van der Waals surface area contributed by atoms with Gasteiger partial charge in [-0.3, -0.25) is 19.2 Å². The summed E-state index contributed by atoms with van der Waals surface area (Å²) in [4.78, 5) is 50.9. The van der Waals surface area contributed by atoms with Gasteiger partial charge in [0.15, 0.2) is 0 Å². The van der Waals surface area contributed by atoms with Crippen LogP contribution < -0.4 is 0 Å². The van der Waals surface area contributed by atoms with Crippen molar-refractivity contribution in [2.75, 3.05) is 0 Å². The monoisotopic (exact) mass is 458 g/mol. The number of carbonyl (C=O) groups excluding carboxylic acids is 4. The van der Waals surface area contributed by atoms with Crippen LogP contribution in [0, 0.1) is 11.8 Å². The van der Waals surface area contributed by atoms with Gasteiger partial charge in [-0.05, 0) is 53.4 Å². The standard InChI is InChI=1S/C24H42O8/c1-9-15(5)29-21(25)13-19(23(27)31-17(7)11-3)20(24(28)32-18(8)12-4)14-22(26)30-16(6)10-2/h15-20H,9-14H2,1-8H3. The first-order chi connectivity index (χ1) is 15.0. The Bertz CT molecular complexity index is 551. The molecule has 8 heteroatoms. The van der Waals surface area contributed by atoms with E-state index in [0.717, 1.165) is 0 Å². The molecule has 0 bridgehead atoms. The highest BCUT2D eigenvalue weighted by Crippen LogP contribution is 2.27. The molecule has 0 fully saturated rings. The summed E-state index contributed by atoms with van der Waals surface area (Å²) in [6.45, 7) is 14.3. The molecule has 0 aromatic rings. The molecule has 0 radical (unpaired) electrons. The van der Waals surface area contributed by atoms with E-state index in [0.29, 0.717) is 25.7 Å². The van der Waals surface area contributed by atoms with Crippen molar-refractivity contribution in [1.82, 2.24) is 0 Å². The highest BCUT2D eigenvalue weighted by atomic mass is 16.6. The molecule has 8 nitrogen and oxygen atoms in total. The van der Waals surface area contributed by atoms with E-state index in [4.69, 9.17) is 18.9 Å². The number of ether oxygens (including phenoxy) is 4. The third kappa shape index (κ3) is 11.5. The topological polar surface area (TPSA) is 105 Å². The molecule has 186 valence electrons. The zero-order chi connectivity index (χ0) is 24.8. The van der Waals surface area contributed by atoms with Gasteiger partial charge in [-0.1, -0.05) is 27.7 Å². The van der Waals surface area contributed by atoms with E-state index < -0.39 is 60.8 Å². The van der Waals surface area contributed by atoms with Gasteiger partial charge in [-0.15, -0.1) is 0 Å². The second-order valence-electron chi connectivity index (χ2n) is 8.35. The summed E-state index contributed by atoms with van der Waals surface area (Å²) in [7, 11) is 0. The van der Waals surface area contributed by atoms with Gasteiger partial charge >= 0.3 is 23.9 Å². The third-order valence-corrected chi connectivity index (χ3v) is 5.46. The molecule has 0 aromatic heterocycles. The van der Waals surface area contributed by atoms with Gasteiger partial charge in [-0.2, -0.15) is 0 Å². The van der Waals surface area contributed by atoms with Gasteiger partial charge in [0, 0.05) is 0 Å². The second-order valence-corrected chi connectivity index (χ2v) is 8.35. The van der Waals surface area contributed by atoms with Crippen molar-refractivity contribution in [3.05, 3.63) is 0 Å². The van der Waals surface area contributed by atoms with Crippen LogP contribution >= 0.6 is 0 Å². The summed E-state index contributed by atoms with van der Waals surface area (Å²) in [5, 5.41) is 0. The number of hydrogen-bond acceptors (Lipinski definition) is 8. The lowest BCUT2D eigenvalue weighted by molar-refractivity contribution is -0.172. The van der Waals surface area contributed by atoms with E-state index in [1.807, 2.05) is 27.7 Å². The normalized spacial score (nSPS) is 16.6. The molecular weight excluding hydrogens is 416 g/mol. The van der Waals surface area contributed by atoms with E-state index in [1.54, 1.807) is 27.7 Å². The summed E-state index contributed by atoms with van der Waals surface area (Å²) < 4.78 is 21.5. The summed E-state index contributed by atoms with van der Waals surface area (Å²) >= 11 is 0. The molecule has 0 aromatic carbocycles. The molecule has 6 unspecified atom stereocenters. The molecule has 0 aliphatic rings. The molecule has 0 aliphatic heterocycles. The molecule has 0 spiro atoms. The second kappa shape index (κ2) is 15.6. The third-order valence-electron chi connectivity index (χ3n) is 5.46. The summed E-state index contributed by atoms with van der Waals surface area (Å²) in [5.41, 5.74) is 0. The molecule has 0 rings (SSSR count). The van der Waals surface area contributed by atoms with Gasteiger partial charge in [0.2, 0.25) is 0 Å². The van der Waals surface area contributed by atoms with Crippen LogP contribution in [-0.4, -0.2) is 48.3 Å². The van der Waals surface area contributed by atoms with Crippen molar-refractivity contribution in [3.63, 3.8) is 0 Å². The van der Waals surface area contributed by atoms with Crippen molar-refractivity contribution >= 4 is 23.9 Å². The van der Waals surface area contributed by atoms with Crippen LogP contribution in [0.25, 0.3) is 0 Å². The highest BCUT2D eigenvalue weighted by Gasteiger charge is 2.41. The van der Waals surface area contributed by atoms with Gasteiger partial charge in [-0.25, -0.2) is 0 Å². The average molecular weight is 459 g/mol. The van der Waals surface area contributed by atoms with Crippen LogP contribution in [0.2, 0.25) is 0 Å². The maximum atomic E-state index is 13.0. The Balaban J connectivity index is 5.90. The minimum atomic E-state index is -1.22. The molecule has 6 atom stereocenters. The Morgan fingerprint density at radius 1 is 0.500 bits per heavy atom. The summed E-state index contributed by atoms with van der Waals surface area (Å²) in [6, 6.07) is 0. The molecule has 32 heavy (non-hydrogen) atoms. The lowest BCUT2D eigenvalue weighted by Crippen LogP contribution is -2.38. The van der Waals surface area contributed by atoms with Crippen LogP contribution in [0.3, 0.4) is 0 Å². The van der Waals surface area contributed by atoms with E-state index >= 15 is 0 Å². The van der Waals surface area contributed by atoms with E-state index in [-0.39, 0.29) is 12.2 Å². The highest BCUT2D eigenvalue weighted by molar-refractivity contribution is 5.88. The van der Waals surface area contributed by atoms with Gasteiger partial charge in [0.1, 0.15) is 0 Å². The molecule has 0 aliphatic carbocycles. The Hall–Kier alpha value is -2.12. The van der Waals surface area contributed by atoms with Crippen molar-refractivity contribution < 1.29 is 38.1 Å². The SMILES string of the molecule is CCC(C)OC(=O)CC(C(=O)OC(C)CC)C(CC(=O)OC(C)CC)C(=O)OC(C)CC. The van der Waals surface area contributed by atoms with Crippen molar-refractivity contribution in [1.29, 1.82) is 0 Å². The first-order valence-corrected chi connectivity index (χ1v) is 11.8. The first-order valence-electron chi connectivity index (χ1n) is 11.8. The Morgan fingerprint density at radius 3 is 1.00 bits per heavy atom. The minimum Gasteiger partial charge on any atom is -0.463 e. The lowest BCUT2D eigenvalue weighted by Gasteiger charge is -2.26. The molecule has 0 amide bonds. The van der Waals surface area contributed by atoms with Crippen molar-refractivity contribution in [2.45, 2.75) is 118 Å². The van der Waals surface area contributed by atoms with Gasteiger partial charge in [0.05, 0.1) is 49.1 Å². The Labute approximate surface area is 192 Å². The van der Waals surface area contributed by atoms with Crippen LogP contribution in [-0.2, 0) is 38.1 Å². The Kier molecular flexibility index (Phi) is 14.6. The van der Waals surface area contributed by atoms with Crippen LogP contribution in [0.15, 0.2) is 0 Å². The van der Waals surface area contributed by atoms with Crippen LogP contribution in [0.1, 0.15) is 93.9 Å². The first kappa shape index (κ1) is 29.9. The van der Waals surface area contributed by atoms with E-state index in [2.05, 4.69) is 0 Å². The number of esters is 4. The predicted octanol–water partition coefficient (Wildman–Crippen LogP) is 4.37. The zero-order valence-corrected chi connectivity index (χ0v) is 21.0. The zero-order valence-electron chi connectivity index (χ0n) is 21.0. The quantitative estimate of drug-likeness (QED) is 0.263. The minimum absolute atomic E-state index is 0.338. The maximum absolute atomic E-state index is 13.0. The fraction of sp³-hybridized carbons (Fsp3) is 0.833. The van der Waals surface area contributed by atoms with Crippen molar-refractivity contribution in [3.8, 4) is 0 Å². The van der Waals surface area contributed by atoms with E-state index in [1.165, 1.54) is 0 Å². The predicted molar refractivity (Wildman–Crippen MR) is 120 cm³/mol. The smallest absolute Gasteiger partial charge is 0.310 e. The average Bonchev–Trinajstić information content (AvgIpc) is 2.75. The molecule has 0 saturated carbocycles. The van der Waals surface area contributed by atoms with Gasteiger partial charge in [0.25, 0.3) is 0 Å². The molecular formula is C24H42O8. The van der Waals surface area contributed by atoms with Gasteiger partial charge < -0.3 is 18.9 Å². The van der Waals surface area contributed by atoms with E-state index in [9.17, 15) is 19.2 Å². The Morgan fingerprint density at radius 2 is 0.750 bits per heavy atom. The largest absolute Gasteiger partial charge is 0.463 e. The summed E-state index contributed by atoms with van der Waals surface area (Å²) in [5.74, 6) is -5.18. The van der Waals surface area contributed by atoms with Crippen LogP contribution in [0.5, 0.6) is 0 Å². The molecule has 0 heterocycles. The number of carbonyl (C=O) groups is 4. The summed E-state index contributed by atoms with van der Waals surface area (Å²) in [6.07, 6.45) is 0.0596. The molecule has 0 N–H and O–H groups in total. The van der Waals surface area contributed by atoms with Crippen LogP contribution in [0.4, 0.5) is 0 Å². The lowest BCUT2D eigenvalue weighted by atomic mass is 9.86. The fourth-order valence-corrected chi connectivity index (χ4v) is 2.59. The maximum Gasteiger partial charge on any atom is 0.310 e.